The predicted octanol–water partition coefficient (Wildman–Crippen LogP) is -3.13. The summed E-state index contributed by atoms with van der Waals surface area (Å²) >= 11 is 0. The van der Waals surface area contributed by atoms with Crippen LogP contribution in [0.1, 0.15) is 28.4 Å². The van der Waals surface area contributed by atoms with E-state index in [2.05, 4.69) is 0 Å². The number of phenols is 3. The second-order valence-electron chi connectivity index (χ2n) is 10.6. The van der Waals surface area contributed by atoms with Crippen LogP contribution in [0.2, 0.25) is 0 Å². The second kappa shape index (κ2) is 12.5. The minimum absolute atomic E-state index is 0.0593. The molecule has 242 valence electrons. The molecular formula is C27H32O17. The standard InChI is InChI=1S/C27H32O17/c28-6-17-20(34)22(36)24(38)26(43-17)40-8-1-12(32)19-13(33)5-14(41-16(19)2-8)9-3-10(30)11(31)4-15(9)42-27-25(39)23(37)21(35)18(7-29)44-27/h1-4,14,17-18,20-32,34-39H,5-7H2. The van der Waals surface area contributed by atoms with Crippen molar-refractivity contribution >= 4 is 5.78 Å². The molecule has 3 aliphatic rings. The van der Waals surface area contributed by atoms with Crippen molar-refractivity contribution in [2.24, 2.45) is 0 Å². The van der Waals surface area contributed by atoms with E-state index in [0.29, 0.717) is 0 Å². The molecule has 2 aromatic rings. The van der Waals surface area contributed by atoms with Crippen LogP contribution in [-0.2, 0) is 9.47 Å². The van der Waals surface area contributed by atoms with E-state index < -0.39 is 110 Å². The fourth-order valence-corrected chi connectivity index (χ4v) is 5.17. The van der Waals surface area contributed by atoms with Gasteiger partial charge in [0.2, 0.25) is 12.6 Å². The maximum absolute atomic E-state index is 13.1. The molecule has 17 heteroatoms. The van der Waals surface area contributed by atoms with Crippen molar-refractivity contribution in [1.29, 1.82) is 0 Å². The molecule has 0 amide bonds. The van der Waals surface area contributed by atoms with Gasteiger partial charge in [-0.05, 0) is 6.07 Å². The third-order valence-corrected chi connectivity index (χ3v) is 7.62. The highest BCUT2D eigenvalue weighted by Crippen LogP contribution is 2.46. The van der Waals surface area contributed by atoms with Crippen LogP contribution in [0.5, 0.6) is 34.5 Å². The minimum atomic E-state index is -1.83. The fraction of sp³-hybridized carbons (Fsp3) is 0.519. The van der Waals surface area contributed by atoms with E-state index >= 15 is 0 Å². The third-order valence-electron chi connectivity index (χ3n) is 7.62. The van der Waals surface area contributed by atoms with Crippen LogP contribution in [-0.4, -0.2) is 137 Å². The van der Waals surface area contributed by atoms with E-state index in [-0.39, 0.29) is 28.4 Å². The summed E-state index contributed by atoms with van der Waals surface area (Å²) in [6.45, 7) is -1.46. The molecule has 2 fully saturated rings. The van der Waals surface area contributed by atoms with Gasteiger partial charge >= 0.3 is 0 Å². The van der Waals surface area contributed by atoms with Gasteiger partial charge in [0.05, 0.1) is 19.6 Å². The Balaban J connectivity index is 1.43. The summed E-state index contributed by atoms with van der Waals surface area (Å²) < 4.78 is 27.8. The van der Waals surface area contributed by atoms with Gasteiger partial charge in [0.1, 0.15) is 83.5 Å². The number of ketones is 1. The Kier molecular flexibility index (Phi) is 9.06. The molecule has 11 N–H and O–H groups in total. The number of ether oxygens (including phenoxy) is 5. The maximum atomic E-state index is 13.1. The Labute approximate surface area is 247 Å². The number of rotatable bonds is 7. The number of hydrogen-bond acceptors (Lipinski definition) is 17. The summed E-state index contributed by atoms with van der Waals surface area (Å²) in [5, 5.41) is 111. The number of aliphatic hydroxyl groups is 8. The van der Waals surface area contributed by atoms with Crippen LogP contribution in [0.15, 0.2) is 24.3 Å². The Bertz CT molecular complexity index is 1360. The highest BCUT2D eigenvalue weighted by atomic mass is 16.7. The van der Waals surface area contributed by atoms with E-state index in [1.54, 1.807) is 0 Å². The highest BCUT2D eigenvalue weighted by Gasteiger charge is 2.46. The lowest BCUT2D eigenvalue weighted by atomic mass is 9.94. The quantitative estimate of drug-likeness (QED) is 0.135. The third kappa shape index (κ3) is 5.82. The van der Waals surface area contributed by atoms with Gasteiger partial charge in [-0.15, -0.1) is 0 Å². The molecule has 2 saturated heterocycles. The van der Waals surface area contributed by atoms with Crippen molar-refractivity contribution in [1.82, 2.24) is 0 Å². The van der Waals surface area contributed by atoms with Gasteiger partial charge < -0.3 is 79.9 Å². The average Bonchev–Trinajstić information content (AvgIpc) is 2.98. The summed E-state index contributed by atoms with van der Waals surface area (Å²) in [4.78, 5) is 13.1. The summed E-state index contributed by atoms with van der Waals surface area (Å²) in [5.74, 6) is -3.29. The van der Waals surface area contributed by atoms with Gasteiger partial charge in [-0.2, -0.15) is 0 Å². The van der Waals surface area contributed by atoms with Gasteiger partial charge in [-0.3, -0.25) is 4.79 Å². The van der Waals surface area contributed by atoms with Crippen molar-refractivity contribution in [3.05, 3.63) is 35.4 Å². The van der Waals surface area contributed by atoms with Crippen molar-refractivity contribution < 1.29 is 84.7 Å². The number of aromatic hydroxyl groups is 3. The number of benzene rings is 2. The number of fused-ring (bicyclic) bond motifs is 1. The molecule has 2 aromatic carbocycles. The van der Waals surface area contributed by atoms with Crippen LogP contribution in [0.3, 0.4) is 0 Å². The minimum Gasteiger partial charge on any atom is -0.507 e. The number of carbonyl (C=O) groups is 1. The lowest BCUT2D eigenvalue weighted by Crippen LogP contribution is -2.60. The summed E-state index contributed by atoms with van der Waals surface area (Å²) in [6.07, 6.45) is -18.1. The van der Waals surface area contributed by atoms with Crippen molar-refractivity contribution in [3.8, 4) is 34.5 Å². The topological polar surface area (TPSA) is 286 Å². The molecule has 0 saturated carbocycles. The monoisotopic (exact) mass is 628 g/mol. The number of aliphatic hydroxyl groups excluding tert-OH is 8. The number of Topliss-reactive ketones (excluding diaryl/α,β-unsaturated/α-hetero) is 1. The van der Waals surface area contributed by atoms with Crippen LogP contribution >= 0.6 is 0 Å². The lowest BCUT2D eigenvalue weighted by Gasteiger charge is -2.40. The first-order valence-electron chi connectivity index (χ1n) is 13.4. The molecule has 11 unspecified atom stereocenters. The van der Waals surface area contributed by atoms with E-state index in [9.17, 15) is 61.0 Å². The van der Waals surface area contributed by atoms with Crippen LogP contribution in [0.25, 0.3) is 0 Å². The molecule has 3 aliphatic heterocycles. The lowest BCUT2D eigenvalue weighted by molar-refractivity contribution is -0.277. The van der Waals surface area contributed by atoms with Gasteiger partial charge in [0.15, 0.2) is 17.3 Å². The number of phenolic OH excluding ortho intramolecular Hbond substituents is 3. The first-order chi connectivity index (χ1) is 20.8. The zero-order valence-corrected chi connectivity index (χ0v) is 22.7. The first kappa shape index (κ1) is 31.9. The van der Waals surface area contributed by atoms with E-state index in [0.717, 1.165) is 24.3 Å². The smallest absolute Gasteiger partial charge is 0.229 e. The molecular weight excluding hydrogens is 596 g/mol. The fourth-order valence-electron chi connectivity index (χ4n) is 5.17. The molecule has 0 aromatic heterocycles. The van der Waals surface area contributed by atoms with E-state index in [4.69, 9.17) is 23.7 Å². The molecule has 0 radical (unpaired) electrons. The Hall–Kier alpha value is -3.49. The number of carbonyl (C=O) groups excluding carboxylic acids is 1. The summed E-state index contributed by atoms with van der Waals surface area (Å²) in [7, 11) is 0. The Morgan fingerprint density at radius 3 is 1.80 bits per heavy atom. The summed E-state index contributed by atoms with van der Waals surface area (Å²) in [5.41, 5.74) is -0.308. The zero-order valence-electron chi connectivity index (χ0n) is 22.7. The SMILES string of the molecule is O=C1CC(c2cc(O)c(O)cc2OC2OC(CO)C(O)C(O)C2O)Oc2cc(OC3OC(CO)C(O)C(O)C3O)cc(O)c21. The first-order valence-corrected chi connectivity index (χ1v) is 13.4. The second-order valence-corrected chi connectivity index (χ2v) is 10.6. The molecule has 17 nitrogen and oxygen atoms in total. The zero-order chi connectivity index (χ0) is 32.0. The summed E-state index contributed by atoms with van der Waals surface area (Å²) in [6, 6.07) is 4.10. The largest absolute Gasteiger partial charge is 0.507 e. The molecule has 0 aliphatic carbocycles. The van der Waals surface area contributed by atoms with E-state index in [1.807, 2.05) is 0 Å². The van der Waals surface area contributed by atoms with Gasteiger partial charge in [0.25, 0.3) is 0 Å². The average molecular weight is 629 g/mol. The number of hydrogen-bond donors (Lipinski definition) is 11. The van der Waals surface area contributed by atoms with Crippen molar-refractivity contribution in [2.45, 2.75) is 73.9 Å². The molecule has 11 atom stereocenters. The van der Waals surface area contributed by atoms with Gasteiger partial charge in [-0.1, -0.05) is 0 Å². The highest BCUT2D eigenvalue weighted by molar-refractivity contribution is 6.02. The van der Waals surface area contributed by atoms with Crippen LogP contribution in [0.4, 0.5) is 0 Å². The molecule has 0 spiro atoms. The van der Waals surface area contributed by atoms with Crippen molar-refractivity contribution in [2.75, 3.05) is 13.2 Å². The Morgan fingerprint density at radius 1 is 0.682 bits per heavy atom. The van der Waals surface area contributed by atoms with Crippen LogP contribution < -0.4 is 14.2 Å². The Morgan fingerprint density at radius 2 is 1.23 bits per heavy atom. The van der Waals surface area contributed by atoms with Crippen molar-refractivity contribution in [3.63, 3.8) is 0 Å². The van der Waals surface area contributed by atoms with Crippen LogP contribution in [0, 0.1) is 0 Å². The van der Waals surface area contributed by atoms with Gasteiger partial charge in [0, 0.05) is 23.8 Å². The predicted molar refractivity (Wildman–Crippen MR) is 139 cm³/mol. The molecule has 44 heavy (non-hydrogen) atoms. The maximum Gasteiger partial charge on any atom is 0.229 e. The van der Waals surface area contributed by atoms with E-state index in [1.165, 1.54) is 0 Å². The molecule has 3 heterocycles. The van der Waals surface area contributed by atoms with Gasteiger partial charge in [-0.25, -0.2) is 0 Å². The molecule has 0 bridgehead atoms. The normalized spacial score (nSPS) is 35.5. The molecule has 5 rings (SSSR count).